The summed E-state index contributed by atoms with van der Waals surface area (Å²) >= 11 is 1.43. The number of nitro groups is 1. The molecular weight excluding hydrogens is 297 g/mol. The van der Waals surface area contributed by atoms with Crippen LogP contribution in [0.1, 0.15) is 20.2 Å². The number of hydrogen-bond acceptors (Lipinski definition) is 5. The molecule has 6 nitrogen and oxygen atoms in total. The highest BCUT2D eigenvalue weighted by Crippen LogP contribution is 2.22. The van der Waals surface area contributed by atoms with Crippen molar-refractivity contribution >= 4 is 22.9 Å². The monoisotopic (exact) mass is 309 g/mol. The fourth-order valence-corrected chi connectivity index (χ4v) is 2.68. The SMILES string of the molecule is Cc1ncc(CN(C)C(=O)c2cc(F)ccc2[N+](=O)[O-])s1. The minimum atomic E-state index is -0.697. The van der Waals surface area contributed by atoms with Crippen LogP contribution in [0.25, 0.3) is 0 Å². The summed E-state index contributed by atoms with van der Waals surface area (Å²) in [4.78, 5) is 28.7. The zero-order chi connectivity index (χ0) is 15.6. The zero-order valence-electron chi connectivity index (χ0n) is 11.4. The maximum atomic E-state index is 13.3. The van der Waals surface area contributed by atoms with Gasteiger partial charge in [-0.3, -0.25) is 14.9 Å². The van der Waals surface area contributed by atoms with E-state index in [1.807, 2.05) is 6.92 Å². The summed E-state index contributed by atoms with van der Waals surface area (Å²) in [5.41, 5.74) is -0.669. The highest BCUT2D eigenvalue weighted by atomic mass is 32.1. The molecule has 1 heterocycles. The van der Waals surface area contributed by atoms with Crippen LogP contribution in [0.3, 0.4) is 0 Å². The van der Waals surface area contributed by atoms with E-state index in [0.29, 0.717) is 0 Å². The average molecular weight is 309 g/mol. The molecule has 0 saturated carbocycles. The number of nitrogens with zero attached hydrogens (tertiary/aromatic N) is 3. The summed E-state index contributed by atoms with van der Waals surface area (Å²) in [5, 5.41) is 11.8. The van der Waals surface area contributed by atoms with Crippen LogP contribution in [-0.4, -0.2) is 27.8 Å². The van der Waals surface area contributed by atoms with Crippen LogP contribution in [0.2, 0.25) is 0 Å². The molecule has 0 bridgehead atoms. The lowest BCUT2D eigenvalue weighted by Crippen LogP contribution is -2.26. The number of aryl methyl sites for hydroxylation is 1. The van der Waals surface area contributed by atoms with Crippen LogP contribution < -0.4 is 0 Å². The second-order valence-electron chi connectivity index (χ2n) is 4.43. The average Bonchev–Trinajstić information content (AvgIpc) is 2.82. The van der Waals surface area contributed by atoms with Crippen molar-refractivity contribution in [2.75, 3.05) is 7.05 Å². The highest BCUT2D eigenvalue weighted by molar-refractivity contribution is 7.11. The molecule has 0 atom stereocenters. The summed E-state index contributed by atoms with van der Waals surface area (Å²) in [5.74, 6) is -1.29. The second-order valence-corrected chi connectivity index (χ2v) is 5.74. The van der Waals surface area contributed by atoms with Gasteiger partial charge < -0.3 is 4.90 Å². The third-order valence-electron chi connectivity index (χ3n) is 2.79. The molecule has 0 aliphatic carbocycles. The molecule has 2 rings (SSSR count). The highest BCUT2D eigenvalue weighted by Gasteiger charge is 2.24. The number of rotatable bonds is 4. The fourth-order valence-electron chi connectivity index (χ4n) is 1.83. The number of hydrogen-bond donors (Lipinski definition) is 0. The first-order chi connectivity index (χ1) is 9.88. The van der Waals surface area contributed by atoms with Gasteiger partial charge in [0.05, 0.1) is 16.5 Å². The number of carbonyl (C=O) groups excluding carboxylic acids is 1. The molecule has 0 N–H and O–H groups in total. The molecule has 0 aliphatic heterocycles. The van der Waals surface area contributed by atoms with Gasteiger partial charge in [-0.05, 0) is 19.1 Å². The van der Waals surface area contributed by atoms with Crippen molar-refractivity contribution in [2.45, 2.75) is 13.5 Å². The van der Waals surface area contributed by atoms with E-state index in [0.717, 1.165) is 28.1 Å². The van der Waals surface area contributed by atoms with Crippen molar-refractivity contribution < 1.29 is 14.1 Å². The molecule has 0 aliphatic rings. The first kappa shape index (κ1) is 15.0. The van der Waals surface area contributed by atoms with E-state index >= 15 is 0 Å². The van der Waals surface area contributed by atoms with Crippen LogP contribution in [0.4, 0.5) is 10.1 Å². The molecular formula is C13H12FN3O3S. The number of aromatic nitrogens is 1. The Morgan fingerprint density at radius 1 is 1.52 bits per heavy atom. The smallest absolute Gasteiger partial charge is 0.282 e. The maximum Gasteiger partial charge on any atom is 0.282 e. The second kappa shape index (κ2) is 5.96. The van der Waals surface area contributed by atoms with Crippen LogP contribution in [-0.2, 0) is 6.54 Å². The van der Waals surface area contributed by atoms with Gasteiger partial charge >= 0.3 is 0 Å². The largest absolute Gasteiger partial charge is 0.336 e. The van der Waals surface area contributed by atoms with Gasteiger partial charge in [-0.25, -0.2) is 9.37 Å². The predicted octanol–water partition coefficient (Wildman–Crippen LogP) is 2.77. The van der Waals surface area contributed by atoms with Crippen molar-refractivity contribution in [3.05, 3.63) is 55.8 Å². The molecule has 1 aromatic heterocycles. The third-order valence-corrected chi connectivity index (χ3v) is 3.69. The van der Waals surface area contributed by atoms with E-state index in [1.165, 1.54) is 23.3 Å². The van der Waals surface area contributed by atoms with Crippen LogP contribution in [0.15, 0.2) is 24.4 Å². The van der Waals surface area contributed by atoms with Crippen molar-refractivity contribution in [2.24, 2.45) is 0 Å². The third kappa shape index (κ3) is 3.40. The predicted molar refractivity (Wildman–Crippen MR) is 75.7 cm³/mol. The van der Waals surface area contributed by atoms with E-state index < -0.39 is 22.3 Å². The zero-order valence-corrected chi connectivity index (χ0v) is 12.2. The van der Waals surface area contributed by atoms with Crippen LogP contribution in [0.5, 0.6) is 0 Å². The van der Waals surface area contributed by atoms with Crippen molar-refractivity contribution in [1.82, 2.24) is 9.88 Å². The van der Waals surface area contributed by atoms with E-state index in [2.05, 4.69) is 4.98 Å². The first-order valence-electron chi connectivity index (χ1n) is 5.99. The van der Waals surface area contributed by atoms with Gasteiger partial charge in [-0.1, -0.05) is 0 Å². The summed E-state index contributed by atoms with van der Waals surface area (Å²) in [6.45, 7) is 2.10. The van der Waals surface area contributed by atoms with E-state index in [-0.39, 0.29) is 12.1 Å². The Kier molecular flexibility index (Phi) is 4.27. The normalized spacial score (nSPS) is 10.4. The van der Waals surface area contributed by atoms with Gasteiger partial charge in [0.2, 0.25) is 0 Å². The summed E-state index contributed by atoms with van der Waals surface area (Å²) < 4.78 is 13.3. The van der Waals surface area contributed by atoms with Crippen molar-refractivity contribution in [3.8, 4) is 0 Å². The molecule has 0 fully saturated rings. The molecule has 0 spiro atoms. The minimum Gasteiger partial charge on any atom is -0.336 e. The molecule has 2 aromatic rings. The van der Waals surface area contributed by atoms with Gasteiger partial charge in [-0.15, -0.1) is 11.3 Å². The molecule has 1 aromatic carbocycles. The lowest BCUT2D eigenvalue weighted by molar-refractivity contribution is -0.385. The molecule has 0 radical (unpaired) electrons. The molecule has 0 unspecified atom stereocenters. The first-order valence-corrected chi connectivity index (χ1v) is 6.81. The lowest BCUT2D eigenvalue weighted by atomic mass is 10.1. The topological polar surface area (TPSA) is 76.3 Å². The molecule has 21 heavy (non-hydrogen) atoms. The summed E-state index contributed by atoms with van der Waals surface area (Å²) in [6.07, 6.45) is 1.64. The Hall–Kier alpha value is -2.35. The van der Waals surface area contributed by atoms with E-state index in [9.17, 15) is 19.3 Å². The standard InChI is InChI=1S/C13H12FN3O3S/c1-8-15-6-10(21-8)7-16(2)13(18)11-5-9(14)3-4-12(11)17(19)20/h3-6H,7H2,1-2H3. The number of halogens is 1. The molecule has 110 valence electrons. The van der Waals surface area contributed by atoms with Crippen LogP contribution >= 0.6 is 11.3 Å². The molecule has 0 saturated heterocycles. The number of amides is 1. The number of benzene rings is 1. The Bertz CT molecular complexity index is 702. The summed E-state index contributed by atoms with van der Waals surface area (Å²) in [7, 11) is 1.51. The Morgan fingerprint density at radius 2 is 2.24 bits per heavy atom. The van der Waals surface area contributed by atoms with E-state index in [4.69, 9.17) is 0 Å². The molecule has 1 amide bonds. The minimum absolute atomic E-state index is 0.260. The van der Waals surface area contributed by atoms with Gasteiger partial charge in [0.25, 0.3) is 11.6 Å². The van der Waals surface area contributed by atoms with Gasteiger partial charge in [0, 0.05) is 24.2 Å². The van der Waals surface area contributed by atoms with Gasteiger partial charge in [-0.2, -0.15) is 0 Å². The number of thiazole rings is 1. The fraction of sp³-hybridized carbons (Fsp3) is 0.231. The van der Waals surface area contributed by atoms with Crippen molar-refractivity contribution in [3.63, 3.8) is 0 Å². The van der Waals surface area contributed by atoms with Crippen molar-refractivity contribution in [1.29, 1.82) is 0 Å². The maximum absolute atomic E-state index is 13.3. The van der Waals surface area contributed by atoms with Gasteiger partial charge in [0.15, 0.2) is 0 Å². The lowest BCUT2D eigenvalue weighted by Gasteiger charge is -2.16. The quantitative estimate of drug-likeness (QED) is 0.643. The van der Waals surface area contributed by atoms with Crippen LogP contribution in [0, 0.1) is 22.9 Å². The van der Waals surface area contributed by atoms with E-state index in [1.54, 1.807) is 6.20 Å². The number of carbonyl (C=O) groups is 1. The Balaban J connectivity index is 2.26. The Labute approximate surface area is 124 Å². The van der Waals surface area contributed by atoms with Gasteiger partial charge in [0.1, 0.15) is 11.4 Å². The Morgan fingerprint density at radius 3 is 2.81 bits per heavy atom. The molecule has 8 heteroatoms. The summed E-state index contributed by atoms with van der Waals surface area (Å²) in [6, 6.07) is 2.84. The number of nitro benzene ring substituents is 1.